The molecule has 0 spiro atoms. The van der Waals surface area contributed by atoms with Crippen molar-refractivity contribution in [3.63, 3.8) is 0 Å². The standard InChI is InChI=1S/C13H16FN3O/c1-8-12(9(2)17(3)16-8)18-13-10(7-15)5-4-6-11(13)14/h4-6H,7,15H2,1-3H3. The number of hydrogen-bond acceptors (Lipinski definition) is 3. The molecule has 0 amide bonds. The molecule has 0 fully saturated rings. The van der Waals surface area contributed by atoms with Gasteiger partial charge in [-0.05, 0) is 19.9 Å². The Labute approximate surface area is 105 Å². The van der Waals surface area contributed by atoms with Crippen molar-refractivity contribution in [1.29, 1.82) is 0 Å². The van der Waals surface area contributed by atoms with Crippen molar-refractivity contribution in [2.75, 3.05) is 0 Å². The first kappa shape index (κ1) is 12.6. The van der Waals surface area contributed by atoms with E-state index in [2.05, 4.69) is 5.10 Å². The third kappa shape index (κ3) is 2.09. The van der Waals surface area contributed by atoms with Crippen LogP contribution in [0.5, 0.6) is 11.5 Å². The number of rotatable bonds is 3. The molecule has 1 heterocycles. The molecule has 2 N–H and O–H groups in total. The van der Waals surface area contributed by atoms with Gasteiger partial charge in [0.1, 0.15) is 5.69 Å². The summed E-state index contributed by atoms with van der Waals surface area (Å²) in [7, 11) is 1.82. The van der Waals surface area contributed by atoms with Crippen molar-refractivity contribution < 1.29 is 9.13 Å². The number of aromatic nitrogens is 2. The Bertz CT molecular complexity index is 578. The lowest BCUT2D eigenvalue weighted by Crippen LogP contribution is -2.02. The SMILES string of the molecule is Cc1nn(C)c(C)c1Oc1c(F)cccc1CN. The van der Waals surface area contributed by atoms with Crippen LogP contribution in [0.15, 0.2) is 18.2 Å². The first-order valence-corrected chi connectivity index (χ1v) is 5.70. The van der Waals surface area contributed by atoms with Crippen LogP contribution in [-0.2, 0) is 13.6 Å². The fraction of sp³-hybridized carbons (Fsp3) is 0.308. The number of ether oxygens (including phenoxy) is 1. The molecule has 0 atom stereocenters. The van der Waals surface area contributed by atoms with E-state index < -0.39 is 5.82 Å². The van der Waals surface area contributed by atoms with Gasteiger partial charge in [-0.2, -0.15) is 5.10 Å². The lowest BCUT2D eigenvalue weighted by Gasteiger charge is -2.11. The molecule has 0 saturated carbocycles. The predicted molar refractivity (Wildman–Crippen MR) is 67.0 cm³/mol. The monoisotopic (exact) mass is 249 g/mol. The van der Waals surface area contributed by atoms with Gasteiger partial charge in [0.2, 0.25) is 0 Å². The van der Waals surface area contributed by atoms with Crippen molar-refractivity contribution in [1.82, 2.24) is 9.78 Å². The predicted octanol–water partition coefficient (Wildman–Crippen LogP) is 2.43. The Hall–Kier alpha value is -1.88. The van der Waals surface area contributed by atoms with E-state index in [4.69, 9.17) is 10.5 Å². The van der Waals surface area contributed by atoms with E-state index in [0.717, 1.165) is 11.4 Å². The fourth-order valence-electron chi connectivity index (χ4n) is 1.83. The number of nitrogens with two attached hydrogens (primary N) is 1. The minimum atomic E-state index is -0.416. The molecular weight excluding hydrogens is 233 g/mol. The number of nitrogens with zero attached hydrogens (tertiary/aromatic N) is 2. The fourth-order valence-corrected chi connectivity index (χ4v) is 1.83. The van der Waals surface area contributed by atoms with Crippen molar-refractivity contribution in [2.45, 2.75) is 20.4 Å². The maximum absolute atomic E-state index is 13.8. The Morgan fingerprint density at radius 1 is 1.33 bits per heavy atom. The molecule has 0 aliphatic rings. The molecule has 2 rings (SSSR count). The second-order valence-corrected chi connectivity index (χ2v) is 4.16. The van der Waals surface area contributed by atoms with Gasteiger partial charge in [0.15, 0.2) is 17.3 Å². The highest BCUT2D eigenvalue weighted by molar-refractivity contribution is 5.42. The summed E-state index contributed by atoms with van der Waals surface area (Å²) in [4.78, 5) is 0. The minimum absolute atomic E-state index is 0.180. The van der Waals surface area contributed by atoms with Gasteiger partial charge >= 0.3 is 0 Å². The Morgan fingerprint density at radius 3 is 2.61 bits per heavy atom. The minimum Gasteiger partial charge on any atom is -0.450 e. The smallest absolute Gasteiger partial charge is 0.171 e. The highest BCUT2D eigenvalue weighted by Gasteiger charge is 2.16. The van der Waals surface area contributed by atoms with Crippen LogP contribution in [0.4, 0.5) is 4.39 Å². The molecule has 0 saturated heterocycles. The van der Waals surface area contributed by atoms with E-state index in [-0.39, 0.29) is 12.3 Å². The van der Waals surface area contributed by atoms with Gasteiger partial charge in [-0.1, -0.05) is 12.1 Å². The Balaban J connectivity index is 2.46. The molecule has 1 aromatic heterocycles. The molecule has 0 bridgehead atoms. The number of para-hydroxylation sites is 1. The van der Waals surface area contributed by atoms with Crippen molar-refractivity contribution in [3.8, 4) is 11.5 Å². The van der Waals surface area contributed by atoms with Crippen molar-refractivity contribution in [3.05, 3.63) is 41.0 Å². The van der Waals surface area contributed by atoms with Crippen LogP contribution in [0.1, 0.15) is 17.0 Å². The summed E-state index contributed by atoms with van der Waals surface area (Å²) in [6, 6.07) is 4.72. The van der Waals surface area contributed by atoms with E-state index in [1.165, 1.54) is 6.07 Å². The first-order chi connectivity index (χ1) is 8.54. The molecule has 0 aliphatic heterocycles. The lowest BCUT2D eigenvalue weighted by atomic mass is 10.2. The third-order valence-corrected chi connectivity index (χ3v) is 2.92. The van der Waals surface area contributed by atoms with Crippen LogP contribution in [0.3, 0.4) is 0 Å². The summed E-state index contributed by atoms with van der Waals surface area (Å²) in [5.41, 5.74) is 7.79. The second kappa shape index (κ2) is 4.78. The summed E-state index contributed by atoms with van der Waals surface area (Å²) < 4.78 is 21.2. The first-order valence-electron chi connectivity index (χ1n) is 5.70. The van der Waals surface area contributed by atoms with E-state index >= 15 is 0 Å². The quantitative estimate of drug-likeness (QED) is 0.908. The summed E-state index contributed by atoms with van der Waals surface area (Å²) in [5.74, 6) is 0.345. The van der Waals surface area contributed by atoms with Crippen LogP contribution in [0.25, 0.3) is 0 Å². The van der Waals surface area contributed by atoms with E-state index in [1.807, 2.05) is 20.9 Å². The summed E-state index contributed by atoms with van der Waals surface area (Å²) in [5, 5.41) is 4.23. The number of hydrogen-bond donors (Lipinski definition) is 1. The average molecular weight is 249 g/mol. The second-order valence-electron chi connectivity index (χ2n) is 4.16. The summed E-state index contributed by atoms with van der Waals surface area (Å²) >= 11 is 0. The molecule has 2 aromatic rings. The average Bonchev–Trinajstić information content (AvgIpc) is 2.58. The van der Waals surface area contributed by atoms with E-state index in [9.17, 15) is 4.39 Å². The van der Waals surface area contributed by atoms with Crippen LogP contribution >= 0.6 is 0 Å². The van der Waals surface area contributed by atoms with Crippen LogP contribution < -0.4 is 10.5 Å². The maximum Gasteiger partial charge on any atom is 0.171 e. The molecule has 0 radical (unpaired) electrons. The zero-order valence-electron chi connectivity index (χ0n) is 10.7. The maximum atomic E-state index is 13.8. The van der Waals surface area contributed by atoms with Gasteiger partial charge in [0, 0.05) is 19.2 Å². The normalized spacial score (nSPS) is 10.7. The van der Waals surface area contributed by atoms with Gasteiger partial charge in [0.25, 0.3) is 0 Å². The highest BCUT2D eigenvalue weighted by atomic mass is 19.1. The van der Waals surface area contributed by atoms with Crippen LogP contribution in [-0.4, -0.2) is 9.78 Å². The summed E-state index contributed by atoms with van der Waals surface area (Å²) in [6.45, 7) is 3.93. The molecule has 0 aliphatic carbocycles. The van der Waals surface area contributed by atoms with Crippen molar-refractivity contribution >= 4 is 0 Å². The Morgan fingerprint density at radius 2 is 2.06 bits per heavy atom. The van der Waals surface area contributed by atoms with Crippen LogP contribution in [0.2, 0.25) is 0 Å². The zero-order valence-corrected chi connectivity index (χ0v) is 10.7. The molecule has 96 valence electrons. The molecule has 0 unspecified atom stereocenters. The molecule has 1 aromatic carbocycles. The number of halogens is 1. The molecular formula is C13H16FN3O. The highest BCUT2D eigenvalue weighted by Crippen LogP contribution is 2.32. The number of benzene rings is 1. The van der Waals surface area contributed by atoms with Crippen molar-refractivity contribution in [2.24, 2.45) is 12.8 Å². The molecule has 4 nitrogen and oxygen atoms in total. The number of aryl methyl sites for hydroxylation is 2. The largest absolute Gasteiger partial charge is 0.450 e. The van der Waals surface area contributed by atoms with E-state index in [0.29, 0.717) is 11.3 Å². The molecule has 5 heteroatoms. The zero-order chi connectivity index (χ0) is 13.3. The van der Waals surface area contributed by atoms with Crippen LogP contribution in [0, 0.1) is 19.7 Å². The van der Waals surface area contributed by atoms with Gasteiger partial charge < -0.3 is 10.5 Å². The van der Waals surface area contributed by atoms with Gasteiger partial charge in [0.05, 0.1) is 5.69 Å². The third-order valence-electron chi connectivity index (χ3n) is 2.92. The van der Waals surface area contributed by atoms with Gasteiger partial charge in [-0.15, -0.1) is 0 Å². The lowest BCUT2D eigenvalue weighted by molar-refractivity contribution is 0.430. The summed E-state index contributed by atoms with van der Waals surface area (Å²) in [6.07, 6.45) is 0. The van der Waals surface area contributed by atoms with Gasteiger partial charge in [-0.25, -0.2) is 4.39 Å². The van der Waals surface area contributed by atoms with E-state index in [1.54, 1.807) is 16.8 Å². The molecule has 18 heavy (non-hydrogen) atoms. The Kier molecular flexibility index (Phi) is 3.34. The van der Waals surface area contributed by atoms with Gasteiger partial charge in [-0.3, -0.25) is 4.68 Å². The topological polar surface area (TPSA) is 53.1 Å².